The van der Waals surface area contributed by atoms with Gasteiger partial charge in [-0.3, -0.25) is 0 Å². The molecule has 0 amide bonds. The highest BCUT2D eigenvalue weighted by Gasteiger charge is 2.28. The summed E-state index contributed by atoms with van der Waals surface area (Å²) in [7, 11) is 0.453. The summed E-state index contributed by atoms with van der Waals surface area (Å²) >= 11 is 0. The average molecular weight is 344 g/mol. The van der Waals surface area contributed by atoms with Crippen LogP contribution in [-0.2, 0) is 28.5 Å². The van der Waals surface area contributed by atoms with Gasteiger partial charge in [-0.1, -0.05) is 0 Å². The molecule has 0 aromatic rings. The molecule has 0 aromatic carbocycles. The molecule has 128 valence electrons. The Kier molecular flexibility index (Phi) is 6.77. The van der Waals surface area contributed by atoms with Gasteiger partial charge >= 0.3 is 11.9 Å². The number of carbonyl (C=O) groups is 2. The van der Waals surface area contributed by atoms with Crippen molar-refractivity contribution < 1.29 is 28.5 Å². The average Bonchev–Trinajstić information content (AvgIpc) is 3.17. The van der Waals surface area contributed by atoms with E-state index in [0.29, 0.717) is 45.9 Å². The first kappa shape index (κ1) is 17.7. The molecule has 3 atom stereocenters. The molecule has 2 aliphatic heterocycles. The quantitative estimate of drug-likeness (QED) is 0.467. The van der Waals surface area contributed by atoms with Crippen LogP contribution >= 0.6 is 8.58 Å². The second-order valence-corrected chi connectivity index (χ2v) is 6.01. The summed E-state index contributed by atoms with van der Waals surface area (Å²) in [6.07, 6.45) is 1.23. The van der Waals surface area contributed by atoms with E-state index in [2.05, 4.69) is 9.98 Å². The van der Waals surface area contributed by atoms with Crippen LogP contribution in [0.5, 0.6) is 0 Å². The molecule has 0 bridgehead atoms. The van der Waals surface area contributed by atoms with Crippen LogP contribution in [0.3, 0.4) is 0 Å². The molecule has 2 heterocycles. The standard InChI is InChI=1S/C14H21N2O6P/c1-3-19-13(17)9-5-21-11(15-9)7-23-8-12-16-10(6-22-12)14(18)20-4-2/h9-10,23H,3-8H2,1-2H3/t9-,10+. The van der Waals surface area contributed by atoms with E-state index in [-0.39, 0.29) is 25.2 Å². The van der Waals surface area contributed by atoms with E-state index in [1.165, 1.54) is 0 Å². The van der Waals surface area contributed by atoms with E-state index >= 15 is 0 Å². The largest absolute Gasteiger partial charge is 0.478 e. The number of carbonyl (C=O) groups excluding carboxylic acids is 2. The van der Waals surface area contributed by atoms with E-state index < -0.39 is 12.1 Å². The fourth-order valence-corrected chi connectivity index (χ4v) is 2.97. The molecule has 23 heavy (non-hydrogen) atoms. The highest BCUT2D eigenvalue weighted by Crippen LogP contribution is 2.18. The van der Waals surface area contributed by atoms with Crippen molar-refractivity contribution in [1.29, 1.82) is 0 Å². The maximum atomic E-state index is 11.5. The third-order valence-corrected chi connectivity index (χ3v) is 4.19. The fourth-order valence-electron chi connectivity index (χ4n) is 2.04. The van der Waals surface area contributed by atoms with Gasteiger partial charge in [-0.15, -0.1) is 8.58 Å². The second-order valence-electron chi connectivity index (χ2n) is 4.81. The summed E-state index contributed by atoms with van der Waals surface area (Å²) < 4.78 is 20.6. The van der Waals surface area contributed by atoms with Gasteiger partial charge in [0.05, 0.1) is 13.2 Å². The lowest BCUT2D eigenvalue weighted by atomic mass is 10.3. The Hall–Kier alpha value is -1.69. The lowest BCUT2D eigenvalue weighted by molar-refractivity contribution is -0.145. The van der Waals surface area contributed by atoms with Crippen molar-refractivity contribution in [2.75, 3.05) is 38.8 Å². The van der Waals surface area contributed by atoms with Gasteiger partial charge in [0.2, 0.25) is 0 Å². The molecule has 2 aliphatic rings. The number of ether oxygens (including phenoxy) is 4. The minimum absolute atomic E-state index is 0.237. The number of nitrogens with zero attached hydrogens (tertiary/aromatic N) is 2. The van der Waals surface area contributed by atoms with Gasteiger partial charge in [0.1, 0.15) is 13.2 Å². The van der Waals surface area contributed by atoms with E-state index in [1.54, 1.807) is 13.8 Å². The fraction of sp³-hybridized carbons (Fsp3) is 0.714. The van der Waals surface area contributed by atoms with Crippen molar-refractivity contribution in [2.45, 2.75) is 25.9 Å². The predicted octanol–water partition coefficient (Wildman–Crippen LogP) is 0.386. The van der Waals surface area contributed by atoms with Crippen LogP contribution in [0.15, 0.2) is 9.98 Å². The van der Waals surface area contributed by atoms with Crippen LogP contribution in [0.1, 0.15) is 13.8 Å². The Morgan fingerprint density at radius 1 is 1.00 bits per heavy atom. The third-order valence-electron chi connectivity index (χ3n) is 3.09. The summed E-state index contributed by atoms with van der Waals surface area (Å²) in [6.45, 7) is 4.65. The van der Waals surface area contributed by atoms with Crippen LogP contribution in [0.25, 0.3) is 0 Å². The molecular weight excluding hydrogens is 323 g/mol. The van der Waals surface area contributed by atoms with Gasteiger partial charge in [-0.25, -0.2) is 19.6 Å². The van der Waals surface area contributed by atoms with Crippen molar-refractivity contribution in [3.8, 4) is 0 Å². The Bertz CT molecular complexity index is 463. The van der Waals surface area contributed by atoms with Crippen molar-refractivity contribution >= 4 is 32.3 Å². The first-order valence-electron chi connectivity index (χ1n) is 7.57. The van der Waals surface area contributed by atoms with E-state index in [9.17, 15) is 9.59 Å². The zero-order chi connectivity index (χ0) is 16.7. The molecule has 0 fully saturated rings. The molecule has 0 saturated carbocycles. The summed E-state index contributed by atoms with van der Waals surface area (Å²) in [5, 5.41) is 0. The van der Waals surface area contributed by atoms with Crippen molar-refractivity contribution in [3.63, 3.8) is 0 Å². The predicted molar refractivity (Wildman–Crippen MR) is 85.7 cm³/mol. The molecule has 0 radical (unpaired) electrons. The van der Waals surface area contributed by atoms with Gasteiger partial charge in [0, 0.05) is 12.3 Å². The summed E-state index contributed by atoms with van der Waals surface area (Å²) in [4.78, 5) is 31.5. The van der Waals surface area contributed by atoms with Crippen LogP contribution in [0.2, 0.25) is 0 Å². The Labute approximate surface area is 136 Å². The third kappa shape index (κ3) is 5.16. The lowest BCUT2D eigenvalue weighted by Gasteiger charge is -2.03. The molecule has 0 aliphatic carbocycles. The smallest absolute Gasteiger partial charge is 0.334 e. The molecule has 1 unspecified atom stereocenters. The Morgan fingerprint density at radius 3 is 1.83 bits per heavy atom. The first-order chi connectivity index (χ1) is 11.1. The van der Waals surface area contributed by atoms with E-state index in [1.807, 2.05) is 0 Å². The molecule has 8 nitrogen and oxygen atoms in total. The second kappa shape index (κ2) is 8.82. The monoisotopic (exact) mass is 344 g/mol. The summed E-state index contributed by atoms with van der Waals surface area (Å²) in [6, 6.07) is -1.11. The number of hydrogen-bond acceptors (Lipinski definition) is 8. The van der Waals surface area contributed by atoms with Crippen LogP contribution in [-0.4, -0.2) is 74.6 Å². The lowest BCUT2D eigenvalue weighted by Crippen LogP contribution is -2.22. The van der Waals surface area contributed by atoms with Gasteiger partial charge in [0.25, 0.3) is 0 Å². The highest BCUT2D eigenvalue weighted by molar-refractivity contribution is 7.40. The summed E-state index contributed by atoms with van der Waals surface area (Å²) in [5.74, 6) is 0.405. The topological polar surface area (TPSA) is 95.8 Å². The molecule has 0 spiro atoms. The Morgan fingerprint density at radius 2 is 1.43 bits per heavy atom. The minimum atomic E-state index is -0.553. The van der Waals surface area contributed by atoms with Crippen LogP contribution < -0.4 is 0 Å². The van der Waals surface area contributed by atoms with Crippen molar-refractivity contribution in [1.82, 2.24) is 0 Å². The number of esters is 2. The zero-order valence-corrected chi connectivity index (χ0v) is 14.2. The zero-order valence-electron chi connectivity index (χ0n) is 13.2. The molecule has 0 saturated heterocycles. The minimum Gasteiger partial charge on any atom is -0.478 e. The molecular formula is C14H21N2O6P. The van der Waals surface area contributed by atoms with Gasteiger partial charge in [-0.05, 0) is 13.8 Å². The molecule has 0 aromatic heterocycles. The van der Waals surface area contributed by atoms with Crippen LogP contribution in [0, 0.1) is 0 Å². The summed E-state index contributed by atoms with van der Waals surface area (Å²) in [5.41, 5.74) is 0. The first-order valence-corrected chi connectivity index (χ1v) is 8.98. The van der Waals surface area contributed by atoms with E-state index in [4.69, 9.17) is 18.9 Å². The SMILES string of the molecule is CCOC(=O)[C@@H]1COC(CPCC2=N[C@@H](C(=O)OCC)CO2)=N1. The normalized spacial score (nSPS) is 23.2. The van der Waals surface area contributed by atoms with Gasteiger partial charge in [-0.2, -0.15) is 0 Å². The van der Waals surface area contributed by atoms with Gasteiger partial charge in [0.15, 0.2) is 23.9 Å². The van der Waals surface area contributed by atoms with Crippen molar-refractivity contribution in [3.05, 3.63) is 0 Å². The maximum Gasteiger partial charge on any atom is 0.334 e. The molecule has 9 heteroatoms. The molecule has 2 rings (SSSR count). The van der Waals surface area contributed by atoms with Gasteiger partial charge < -0.3 is 18.9 Å². The Balaban J connectivity index is 1.71. The number of aliphatic imine (C=N–C) groups is 2. The van der Waals surface area contributed by atoms with Crippen LogP contribution in [0.4, 0.5) is 0 Å². The number of rotatable bonds is 8. The highest BCUT2D eigenvalue weighted by atomic mass is 31.1. The molecule has 0 N–H and O–H groups in total. The maximum absolute atomic E-state index is 11.5. The van der Waals surface area contributed by atoms with E-state index in [0.717, 1.165) is 0 Å². The van der Waals surface area contributed by atoms with Crippen molar-refractivity contribution in [2.24, 2.45) is 9.98 Å². The number of hydrogen-bond donors (Lipinski definition) is 0.